The summed E-state index contributed by atoms with van der Waals surface area (Å²) < 4.78 is 17.1. The zero-order valence-corrected chi connectivity index (χ0v) is 11.4. The van der Waals surface area contributed by atoms with E-state index in [-0.39, 0.29) is 11.9 Å². The standard InChI is InChI=1S/C12H13ClFN3S/c1-2-11-12(18-17-16-11)10(15)6-7-5-8(14)3-4-9(7)13/h3-5,10H,2,6,15H2,1H3. The third-order valence-corrected chi connectivity index (χ3v) is 3.97. The molecule has 1 aromatic heterocycles. The van der Waals surface area contributed by atoms with Crippen LogP contribution in [0.1, 0.15) is 29.1 Å². The molecular weight excluding hydrogens is 273 g/mol. The summed E-state index contributed by atoms with van der Waals surface area (Å²) in [5.41, 5.74) is 7.73. The summed E-state index contributed by atoms with van der Waals surface area (Å²) in [6, 6.07) is 4.05. The second-order valence-corrected chi connectivity index (χ2v) is 5.18. The van der Waals surface area contributed by atoms with Crippen LogP contribution in [0.2, 0.25) is 5.02 Å². The number of nitrogens with two attached hydrogens (primary N) is 1. The van der Waals surface area contributed by atoms with Gasteiger partial charge in [-0.25, -0.2) is 4.39 Å². The number of halogens is 2. The van der Waals surface area contributed by atoms with Gasteiger partial charge in [-0.3, -0.25) is 0 Å². The Balaban J connectivity index is 2.21. The summed E-state index contributed by atoms with van der Waals surface area (Å²) in [6.45, 7) is 2.00. The van der Waals surface area contributed by atoms with E-state index in [1.165, 1.54) is 23.7 Å². The van der Waals surface area contributed by atoms with Crippen molar-refractivity contribution >= 4 is 23.1 Å². The third-order valence-electron chi connectivity index (χ3n) is 2.70. The fourth-order valence-electron chi connectivity index (χ4n) is 1.77. The number of aromatic nitrogens is 2. The summed E-state index contributed by atoms with van der Waals surface area (Å²) in [5.74, 6) is -0.306. The van der Waals surface area contributed by atoms with Crippen molar-refractivity contribution in [1.82, 2.24) is 9.59 Å². The van der Waals surface area contributed by atoms with Crippen molar-refractivity contribution in [3.8, 4) is 0 Å². The van der Waals surface area contributed by atoms with Crippen LogP contribution in [0.3, 0.4) is 0 Å². The molecule has 0 radical (unpaired) electrons. The first-order chi connectivity index (χ1) is 8.61. The van der Waals surface area contributed by atoms with Crippen LogP contribution in [-0.4, -0.2) is 9.59 Å². The quantitative estimate of drug-likeness (QED) is 0.939. The van der Waals surface area contributed by atoms with E-state index in [9.17, 15) is 4.39 Å². The van der Waals surface area contributed by atoms with Gasteiger partial charge in [0.15, 0.2) is 0 Å². The highest BCUT2D eigenvalue weighted by Crippen LogP contribution is 2.26. The van der Waals surface area contributed by atoms with Gasteiger partial charge in [-0.1, -0.05) is 23.0 Å². The smallest absolute Gasteiger partial charge is 0.123 e. The summed E-state index contributed by atoms with van der Waals surface area (Å²) in [7, 11) is 0. The zero-order valence-electron chi connectivity index (χ0n) is 9.86. The number of aryl methyl sites for hydroxylation is 1. The average molecular weight is 286 g/mol. The number of hydrogen-bond donors (Lipinski definition) is 1. The Bertz CT molecular complexity index is 544. The molecule has 0 aliphatic rings. The predicted octanol–water partition coefficient (Wildman–Crippen LogP) is 3.14. The summed E-state index contributed by atoms with van der Waals surface area (Å²) >= 11 is 7.31. The van der Waals surface area contributed by atoms with Gasteiger partial charge in [0.25, 0.3) is 0 Å². The maximum Gasteiger partial charge on any atom is 0.123 e. The Morgan fingerprint density at radius 3 is 3.00 bits per heavy atom. The lowest BCUT2D eigenvalue weighted by atomic mass is 10.0. The fraction of sp³-hybridized carbons (Fsp3) is 0.333. The van der Waals surface area contributed by atoms with Crippen LogP contribution >= 0.6 is 23.1 Å². The van der Waals surface area contributed by atoms with E-state index in [1.54, 1.807) is 6.07 Å². The van der Waals surface area contributed by atoms with Gasteiger partial charge in [-0.2, -0.15) is 0 Å². The summed E-state index contributed by atoms with van der Waals surface area (Å²) in [5, 5.41) is 4.55. The molecule has 18 heavy (non-hydrogen) atoms. The van der Waals surface area contributed by atoms with Gasteiger partial charge in [0.2, 0.25) is 0 Å². The van der Waals surface area contributed by atoms with Crippen molar-refractivity contribution in [2.75, 3.05) is 0 Å². The second kappa shape index (κ2) is 5.73. The summed E-state index contributed by atoms with van der Waals surface area (Å²) in [4.78, 5) is 0.942. The van der Waals surface area contributed by atoms with Crippen LogP contribution in [0.5, 0.6) is 0 Å². The highest BCUT2D eigenvalue weighted by Gasteiger charge is 2.16. The first kappa shape index (κ1) is 13.4. The van der Waals surface area contributed by atoms with Gasteiger partial charge < -0.3 is 5.73 Å². The molecule has 6 heteroatoms. The Labute approximate surface area is 114 Å². The molecule has 0 spiro atoms. The topological polar surface area (TPSA) is 51.8 Å². The number of rotatable bonds is 4. The molecule has 1 heterocycles. The second-order valence-electron chi connectivity index (χ2n) is 3.98. The fourth-order valence-corrected chi connectivity index (χ4v) is 2.70. The largest absolute Gasteiger partial charge is 0.323 e. The van der Waals surface area contributed by atoms with E-state index in [0.717, 1.165) is 17.0 Å². The molecule has 0 aliphatic carbocycles. The Kier molecular flexibility index (Phi) is 4.27. The van der Waals surface area contributed by atoms with Gasteiger partial charge in [-0.15, -0.1) is 5.10 Å². The van der Waals surface area contributed by atoms with Gasteiger partial charge in [0.1, 0.15) is 5.82 Å². The molecule has 1 unspecified atom stereocenters. The molecule has 2 rings (SSSR count). The highest BCUT2D eigenvalue weighted by atomic mass is 35.5. The van der Waals surface area contributed by atoms with Crippen LogP contribution in [-0.2, 0) is 12.8 Å². The number of benzene rings is 1. The summed E-state index contributed by atoms with van der Waals surface area (Å²) in [6.07, 6.45) is 1.27. The Hall–Kier alpha value is -1.04. The molecular formula is C12H13ClFN3S. The molecule has 1 aromatic carbocycles. The van der Waals surface area contributed by atoms with E-state index in [0.29, 0.717) is 17.0 Å². The molecule has 0 saturated heterocycles. The third kappa shape index (κ3) is 2.85. The first-order valence-electron chi connectivity index (χ1n) is 5.62. The van der Waals surface area contributed by atoms with E-state index >= 15 is 0 Å². The molecule has 2 aromatic rings. The van der Waals surface area contributed by atoms with Crippen molar-refractivity contribution in [3.05, 3.63) is 45.2 Å². The minimum absolute atomic E-state index is 0.251. The van der Waals surface area contributed by atoms with Gasteiger partial charge in [0.05, 0.1) is 10.6 Å². The zero-order chi connectivity index (χ0) is 13.1. The van der Waals surface area contributed by atoms with Crippen molar-refractivity contribution in [1.29, 1.82) is 0 Å². The predicted molar refractivity (Wildman–Crippen MR) is 71.3 cm³/mol. The van der Waals surface area contributed by atoms with Crippen LogP contribution in [0.15, 0.2) is 18.2 Å². The number of hydrogen-bond acceptors (Lipinski definition) is 4. The lowest BCUT2D eigenvalue weighted by Gasteiger charge is -2.11. The van der Waals surface area contributed by atoms with Crippen molar-refractivity contribution in [2.24, 2.45) is 5.73 Å². The lowest BCUT2D eigenvalue weighted by molar-refractivity contribution is 0.622. The molecule has 96 valence electrons. The average Bonchev–Trinajstić information content (AvgIpc) is 2.82. The van der Waals surface area contributed by atoms with E-state index in [4.69, 9.17) is 17.3 Å². The van der Waals surface area contributed by atoms with E-state index in [1.807, 2.05) is 6.92 Å². The lowest BCUT2D eigenvalue weighted by Crippen LogP contribution is -2.14. The SMILES string of the molecule is CCc1nnsc1C(N)Cc1cc(F)ccc1Cl. The van der Waals surface area contributed by atoms with Gasteiger partial charge >= 0.3 is 0 Å². The first-order valence-corrected chi connectivity index (χ1v) is 6.77. The molecule has 0 bridgehead atoms. The van der Waals surface area contributed by atoms with Crippen LogP contribution in [0.25, 0.3) is 0 Å². The normalized spacial score (nSPS) is 12.7. The van der Waals surface area contributed by atoms with Gasteiger partial charge in [-0.05, 0) is 48.1 Å². The molecule has 3 nitrogen and oxygen atoms in total. The van der Waals surface area contributed by atoms with Crippen LogP contribution < -0.4 is 5.73 Å². The Morgan fingerprint density at radius 1 is 1.50 bits per heavy atom. The van der Waals surface area contributed by atoms with Crippen LogP contribution in [0.4, 0.5) is 4.39 Å². The minimum atomic E-state index is -0.306. The van der Waals surface area contributed by atoms with E-state index in [2.05, 4.69) is 9.59 Å². The molecule has 0 fully saturated rings. The Morgan fingerprint density at radius 2 is 2.28 bits per heavy atom. The maximum absolute atomic E-state index is 13.2. The van der Waals surface area contributed by atoms with Crippen molar-refractivity contribution < 1.29 is 4.39 Å². The highest BCUT2D eigenvalue weighted by molar-refractivity contribution is 7.05. The molecule has 1 atom stereocenters. The van der Waals surface area contributed by atoms with Crippen molar-refractivity contribution in [3.63, 3.8) is 0 Å². The minimum Gasteiger partial charge on any atom is -0.323 e. The van der Waals surface area contributed by atoms with E-state index < -0.39 is 0 Å². The molecule has 2 N–H and O–H groups in total. The number of nitrogens with zero attached hydrogens (tertiary/aromatic N) is 2. The molecule has 0 aliphatic heterocycles. The molecule has 0 amide bonds. The van der Waals surface area contributed by atoms with Crippen LogP contribution in [0, 0.1) is 5.82 Å². The monoisotopic (exact) mass is 285 g/mol. The van der Waals surface area contributed by atoms with Crippen molar-refractivity contribution in [2.45, 2.75) is 25.8 Å². The van der Waals surface area contributed by atoms with Gasteiger partial charge in [0, 0.05) is 11.1 Å². The maximum atomic E-state index is 13.2. The molecule has 0 saturated carbocycles.